The Morgan fingerprint density at radius 1 is 1.00 bits per heavy atom. The van der Waals surface area contributed by atoms with Crippen LogP contribution in [0.2, 0.25) is 5.02 Å². The van der Waals surface area contributed by atoms with Crippen molar-refractivity contribution in [3.8, 4) is 5.75 Å². The van der Waals surface area contributed by atoms with Gasteiger partial charge in [0.25, 0.3) is 0 Å². The summed E-state index contributed by atoms with van der Waals surface area (Å²) in [4.78, 5) is 16.5. The predicted molar refractivity (Wildman–Crippen MR) is 135 cm³/mol. The molecule has 8 nitrogen and oxygen atoms in total. The monoisotopic (exact) mass is 473 g/mol. The number of ether oxygens (including phenoxy) is 1. The van der Waals surface area contributed by atoms with Crippen LogP contribution >= 0.6 is 11.6 Å². The highest BCUT2D eigenvalue weighted by molar-refractivity contribution is 6.32. The van der Waals surface area contributed by atoms with Crippen molar-refractivity contribution in [2.45, 2.75) is 70.4 Å². The van der Waals surface area contributed by atoms with Crippen molar-refractivity contribution in [1.82, 2.24) is 19.9 Å². The highest BCUT2D eigenvalue weighted by Gasteiger charge is 2.23. The van der Waals surface area contributed by atoms with Crippen LogP contribution in [0.4, 0.5) is 23.5 Å². The fourth-order valence-electron chi connectivity index (χ4n) is 4.81. The molecule has 180 valence electrons. The molecule has 2 aromatic rings. The summed E-state index contributed by atoms with van der Waals surface area (Å²) < 4.78 is 5.26. The number of hydrogen-bond acceptors (Lipinski definition) is 8. The highest BCUT2D eigenvalue weighted by atomic mass is 35.5. The first-order valence-electron chi connectivity index (χ1n) is 12.3. The summed E-state index contributed by atoms with van der Waals surface area (Å²) in [5.74, 6) is 2.32. The molecule has 2 aliphatic rings. The minimum absolute atomic E-state index is 0.399. The number of likely N-dealkylation sites (N-methyl/N-ethyl adjacent to an activating group) is 1. The minimum atomic E-state index is 0.399. The summed E-state index contributed by atoms with van der Waals surface area (Å²) in [6.07, 6.45) is 9.86. The number of halogens is 1. The zero-order chi connectivity index (χ0) is 23.0. The summed E-state index contributed by atoms with van der Waals surface area (Å²) in [7, 11) is 1.60. The van der Waals surface area contributed by atoms with Crippen LogP contribution in [0.1, 0.15) is 58.3 Å². The SMILES string of the molecule is CCN1CCCC1CNc1nc(Nc2ccc(OC)c(Cl)c2)nc(NC2CCCCCC2)n1. The van der Waals surface area contributed by atoms with Gasteiger partial charge in [-0.25, -0.2) is 0 Å². The van der Waals surface area contributed by atoms with Gasteiger partial charge in [0, 0.05) is 24.3 Å². The lowest BCUT2D eigenvalue weighted by Gasteiger charge is -2.23. The summed E-state index contributed by atoms with van der Waals surface area (Å²) >= 11 is 6.30. The van der Waals surface area contributed by atoms with Gasteiger partial charge in [-0.05, 0) is 57.0 Å². The molecule has 1 aliphatic carbocycles. The molecule has 3 N–H and O–H groups in total. The number of nitrogens with zero attached hydrogens (tertiary/aromatic N) is 4. The Morgan fingerprint density at radius 3 is 2.48 bits per heavy atom. The molecule has 33 heavy (non-hydrogen) atoms. The molecule has 0 spiro atoms. The van der Waals surface area contributed by atoms with Crippen molar-refractivity contribution < 1.29 is 4.74 Å². The number of methoxy groups -OCH3 is 1. The van der Waals surface area contributed by atoms with Gasteiger partial charge < -0.3 is 20.7 Å². The van der Waals surface area contributed by atoms with Crippen molar-refractivity contribution in [2.75, 3.05) is 42.7 Å². The van der Waals surface area contributed by atoms with Crippen molar-refractivity contribution in [1.29, 1.82) is 0 Å². The summed E-state index contributed by atoms with van der Waals surface area (Å²) in [6.45, 7) is 5.29. The Bertz CT molecular complexity index is 904. The van der Waals surface area contributed by atoms with Crippen LogP contribution in [0.15, 0.2) is 18.2 Å². The average molecular weight is 474 g/mol. The molecular formula is C24H36ClN7O. The number of nitrogens with one attached hydrogen (secondary N) is 3. The lowest BCUT2D eigenvalue weighted by molar-refractivity contribution is 0.277. The Hall–Kier alpha value is -2.32. The zero-order valence-corrected chi connectivity index (χ0v) is 20.5. The van der Waals surface area contributed by atoms with Gasteiger partial charge in [-0.15, -0.1) is 0 Å². The van der Waals surface area contributed by atoms with Gasteiger partial charge in [0.15, 0.2) is 0 Å². The number of hydrogen-bond donors (Lipinski definition) is 3. The van der Waals surface area contributed by atoms with Crippen molar-refractivity contribution in [3.05, 3.63) is 23.2 Å². The topological polar surface area (TPSA) is 87.2 Å². The van der Waals surface area contributed by atoms with Gasteiger partial charge in [0.05, 0.1) is 12.1 Å². The largest absolute Gasteiger partial charge is 0.495 e. The molecule has 0 amide bonds. The Morgan fingerprint density at radius 2 is 1.76 bits per heavy atom. The third-order valence-corrected chi connectivity index (χ3v) is 6.93. The highest BCUT2D eigenvalue weighted by Crippen LogP contribution is 2.29. The molecule has 1 atom stereocenters. The fourth-order valence-corrected chi connectivity index (χ4v) is 5.06. The van der Waals surface area contributed by atoms with Crippen LogP contribution < -0.4 is 20.7 Å². The Kier molecular flexibility index (Phi) is 8.45. The van der Waals surface area contributed by atoms with E-state index in [9.17, 15) is 0 Å². The molecule has 0 bridgehead atoms. The maximum Gasteiger partial charge on any atom is 0.233 e. The number of likely N-dealkylation sites (tertiary alicyclic amines) is 1. The van der Waals surface area contributed by atoms with Crippen molar-refractivity contribution >= 4 is 35.1 Å². The molecule has 1 unspecified atom stereocenters. The standard InChI is InChI=1S/C24H36ClN7O/c1-3-32-14-8-11-19(32)16-26-22-29-23(27-17-9-6-4-5-7-10-17)31-24(30-22)28-18-12-13-21(33-2)20(25)15-18/h12-13,15,17,19H,3-11,14,16H2,1-2H3,(H3,26,27,28,29,30,31). The molecule has 9 heteroatoms. The molecule has 4 rings (SSSR count). The van der Waals surface area contributed by atoms with Crippen LogP contribution in [-0.4, -0.2) is 58.7 Å². The second kappa shape index (κ2) is 11.7. The van der Waals surface area contributed by atoms with Crippen LogP contribution in [0.3, 0.4) is 0 Å². The average Bonchev–Trinajstić information content (AvgIpc) is 3.12. The molecular weight excluding hydrogens is 438 g/mol. The Balaban J connectivity index is 1.52. The van der Waals surface area contributed by atoms with Gasteiger partial charge in [-0.2, -0.15) is 15.0 Å². The van der Waals surface area contributed by atoms with E-state index >= 15 is 0 Å². The first kappa shape index (κ1) is 23.8. The van der Waals surface area contributed by atoms with E-state index in [1.54, 1.807) is 7.11 Å². The molecule has 1 saturated heterocycles. The molecule has 1 aromatic carbocycles. The first-order chi connectivity index (χ1) is 16.1. The molecule has 2 fully saturated rings. The predicted octanol–water partition coefficient (Wildman–Crippen LogP) is 5.31. The van der Waals surface area contributed by atoms with Gasteiger partial charge in [-0.3, -0.25) is 4.90 Å². The minimum Gasteiger partial charge on any atom is -0.495 e. The third-order valence-electron chi connectivity index (χ3n) is 6.63. The van der Waals surface area contributed by atoms with Crippen LogP contribution in [-0.2, 0) is 0 Å². The number of anilines is 4. The summed E-state index contributed by atoms with van der Waals surface area (Å²) in [5.41, 5.74) is 0.798. The maximum atomic E-state index is 6.30. The smallest absolute Gasteiger partial charge is 0.233 e. The van der Waals surface area contributed by atoms with E-state index in [4.69, 9.17) is 21.3 Å². The maximum absolute atomic E-state index is 6.30. The van der Waals surface area contributed by atoms with Crippen LogP contribution in [0.5, 0.6) is 5.75 Å². The lowest BCUT2D eigenvalue weighted by atomic mass is 10.1. The van der Waals surface area contributed by atoms with Crippen LogP contribution in [0.25, 0.3) is 0 Å². The van der Waals surface area contributed by atoms with E-state index in [1.165, 1.54) is 45.1 Å². The molecule has 1 saturated carbocycles. The zero-order valence-electron chi connectivity index (χ0n) is 19.7. The van der Waals surface area contributed by atoms with Gasteiger partial charge in [0.2, 0.25) is 17.8 Å². The van der Waals surface area contributed by atoms with E-state index < -0.39 is 0 Å². The quantitative estimate of drug-likeness (QED) is 0.422. The van der Waals surface area contributed by atoms with E-state index in [0.717, 1.165) is 31.6 Å². The van der Waals surface area contributed by atoms with E-state index in [2.05, 4.69) is 37.7 Å². The third kappa shape index (κ3) is 6.60. The summed E-state index contributed by atoms with van der Waals surface area (Å²) in [5, 5.41) is 10.8. The lowest BCUT2D eigenvalue weighted by Crippen LogP contribution is -2.35. The number of aromatic nitrogens is 3. The van der Waals surface area contributed by atoms with Crippen molar-refractivity contribution in [2.24, 2.45) is 0 Å². The molecule has 2 heterocycles. The molecule has 0 radical (unpaired) electrons. The van der Waals surface area contributed by atoms with Gasteiger partial charge in [-0.1, -0.05) is 44.2 Å². The van der Waals surface area contributed by atoms with Crippen LogP contribution in [0, 0.1) is 0 Å². The van der Waals surface area contributed by atoms with Gasteiger partial charge in [0.1, 0.15) is 5.75 Å². The summed E-state index contributed by atoms with van der Waals surface area (Å²) in [6, 6.07) is 6.46. The molecule has 1 aliphatic heterocycles. The second-order valence-electron chi connectivity index (χ2n) is 8.92. The van der Waals surface area contributed by atoms with Crippen molar-refractivity contribution in [3.63, 3.8) is 0 Å². The fraction of sp³-hybridized carbons (Fsp3) is 0.625. The Labute approximate surface area is 201 Å². The molecule has 1 aromatic heterocycles. The van der Waals surface area contributed by atoms with E-state index in [-0.39, 0.29) is 0 Å². The number of rotatable bonds is 9. The van der Waals surface area contributed by atoms with E-state index in [1.807, 2.05) is 18.2 Å². The normalized spacial score (nSPS) is 19.8. The number of benzene rings is 1. The van der Waals surface area contributed by atoms with Gasteiger partial charge >= 0.3 is 0 Å². The first-order valence-corrected chi connectivity index (χ1v) is 12.6. The second-order valence-corrected chi connectivity index (χ2v) is 9.33. The van der Waals surface area contributed by atoms with E-state index in [0.29, 0.717) is 40.7 Å².